The minimum Gasteiger partial charge on any atom is 0.0762 e. The minimum atomic E-state index is -1.11. The van der Waals surface area contributed by atoms with Gasteiger partial charge in [-0.15, -0.1) is 0 Å². The van der Waals surface area contributed by atoms with Crippen molar-refractivity contribution in [2.45, 2.75) is 0 Å². The van der Waals surface area contributed by atoms with E-state index in [0.717, 1.165) is 0 Å². The zero-order chi connectivity index (χ0) is 4.50. The van der Waals surface area contributed by atoms with E-state index in [9.17, 15) is 0 Å². The summed E-state index contributed by atoms with van der Waals surface area (Å²) in [6, 6.07) is 0. The van der Waals surface area contributed by atoms with E-state index in [4.69, 9.17) is 47.1 Å². The van der Waals surface area contributed by atoms with Crippen LogP contribution in [0.2, 0.25) is 0 Å². The topological polar surface area (TPSA) is 0 Å². The molecule has 0 amide bonds. The minimum absolute atomic E-state index is 1.11. The highest BCUT2D eigenvalue weighted by atomic mass is 35.6. The van der Waals surface area contributed by atoms with Gasteiger partial charge in [0, 0.05) is 0 Å². The van der Waals surface area contributed by atoms with Gasteiger partial charge in [0.05, 0.1) is 2.56 Å². The van der Waals surface area contributed by atoms with Crippen molar-refractivity contribution >= 4 is 47.1 Å². The molecule has 0 atom stereocenters. The molecule has 0 bridgehead atoms. The van der Waals surface area contributed by atoms with Crippen molar-refractivity contribution in [3.8, 4) is 0 Å². The van der Waals surface area contributed by atoms with Gasteiger partial charge >= 0.3 is 0 Å². The fraction of sp³-hybridized carbons (Fsp3) is 0. The molecule has 5 heteroatoms. The number of hydrogen-bond donors (Lipinski definition) is 0. The van der Waals surface area contributed by atoms with E-state index >= 15 is 0 Å². The van der Waals surface area contributed by atoms with Crippen molar-refractivity contribution < 1.29 is 2.56 Å². The lowest BCUT2D eigenvalue weighted by Crippen LogP contribution is -1.89. The fourth-order valence-corrected chi connectivity index (χ4v) is 0. The van der Waals surface area contributed by atoms with Crippen molar-refractivity contribution in [3.05, 3.63) is 0 Å². The molecule has 32 valence electrons. The first kappa shape index (κ1) is 6.12. The molecule has 0 fully saturated rings. The molecule has 0 saturated carbocycles. The van der Waals surface area contributed by atoms with Crippen LogP contribution in [0.5, 0.6) is 0 Å². The molecule has 0 unspecified atom stereocenters. The number of nitrogens with zero attached hydrogens (tertiary/aromatic N) is 1. The summed E-state index contributed by atoms with van der Waals surface area (Å²) < 4.78 is -1.11. The fourth-order valence-electron chi connectivity index (χ4n) is 0. The van der Waals surface area contributed by atoms with Crippen molar-refractivity contribution in [2.75, 3.05) is 0 Å². The van der Waals surface area contributed by atoms with Gasteiger partial charge in [-0.2, -0.15) is 0 Å². The monoisotopic (exact) mass is 154 g/mol. The highest BCUT2D eigenvalue weighted by Crippen LogP contribution is 2.24. The van der Waals surface area contributed by atoms with Crippen LogP contribution in [0.1, 0.15) is 0 Å². The lowest BCUT2D eigenvalue weighted by molar-refractivity contribution is -0.381. The Morgan fingerprint density at radius 3 is 0.800 bits per heavy atom. The maximum Gasteiger partial charge on any atom is 0.231 e. The Balaban J connectivity index is 3.02. The molecule has 0 aromatic carbocycles. The van der Waals surface area contributed by atoms with E-state index < -0.39 is 2.56 Å². The molecule has 0 aliphatic rings. The highest BCUT2D eigenvalue weighted by Gasteiger charge is 2.16. The van der Waals surface area contributed by atoms with Crippen LogP contribution < -0.4 is 0 Å². The summed E-state index contributed by atoms with van der Waals surface area (Å²) in [6.45, 7) is 0. The second-order valence-corrected chi connectivity index (χ2v) is 3.45. The van der Waals surface area contributed by atoms with Gasteiger partial charge in [0.25, 0.3) is 0 Å². The zero-order valence-electron chi connectivity index (χ0n) is 1.96. The molecule has 0 aromatic heterocycles. The average molecular weight is 156 g/mol. The standard InChI is InChI=1S/Cl4N/c1-5(2,3)4/q+1. The summed E-state index contributed by atoms with van der Waals surface area (Å²) >= 11 is 19.1. The quantitative estimate of drug-likeness (QED) is 0.472. The lowest BCUT2D eigenvalue weighted by atomic mass is 13.8. The number of halogens is 4. The smallest absolute Gasteiger partial charge is 0.0762 e. The zero-order valence-corrected chi connectivity index (χ0v) is 4.98. The molecule has 0 rings (SSSR count). The van der Waals surface area contributed by atoms with E-state index in [1.165, 1.54) is 0 Å². The maximum atomic E-state index is 4.76. The van der Waals surface area contributed by atoms with Crippen LogP contribution in [-0.4, -0.2) is 2.56 Å². The first-order valence-corrected chi connectivity index (χ1v) is 2.03. The van der Waals surface area contributed by atoms with E-state index in [-0.39, 0.29) is 0 Å². The van der Waals surface area contributed by atoms with Crippen molar-refractivity contribution in [1.29, 1.82) is 0 Å². The summed E-state index contributed by atoms with van der Waals surface area (Å²) in [5.41, 5.74) is 0. The summed E-state index contributed by atoms with van der Waals surface area (Å²) in [5, 5.41) is 0. The average Bonchev–Trinajstić information content (AvgIpc) is 0.722. The van der Waals surface area contributed by atoms with Crippen LogP contribution in [0.25, 0.3) is 0 Å². The predicted molar refractivity (Wildman–Crippen MR) is 23.7 cm³/mol. The van der Waals surface area contributed by atoms with Gasteiger partial charge < -0.3 is 0 Å². The second kappa shape index (κ2) is 1.71. The van der Waals surface area contributed by atoms with Crippen molar-refractivity contribution in [3.63, 3.8) is 0 Å². The van der Waals surface area contributed by atoms with Crippen LogP contribution >= 0.6 is 47.1 Å². The Morgan fingerprint density at radius 1 is 0.800 bits per heavy atom. The molecule has 0 saturated heterocycles. The normalized spacial score (nSPS) is 12.0. The first-order valence-electron chi connectivity index (χ1n) is 0.676. The molecule has 1 nitrogen and oxygen atoms in total. The Hall–Kier alpha value is 1.12. The summed E-state index contributed by atoms with van der Waals surface area (Å²) in [5.74, 6) is 0. The Morgan fingerprint density at radius 2 is 0.800 bits per heavy atom. The summed E-state index contributed by atoms with van der Waals surface area (Å²) in [7, 11) is 0. The Labute approximate surface area is 50.0 Å². The van der Waals surface area contributed by atoms with E-state index in [2.05, 4.69) is 0 Å². The van der Waals surface area contributed by atoms with Gasteiger partial charge in [-0.05, 0) is 0 Å². The molecule has 0 aromatic rings. The Bertz CT molecular complexity index is 19.1. The van der Waals surface area contributed by atoms with E-state index in [1.807, 2.05) is 0 Å². The molecular weight excluding hydrogens is 156 g/mol. The number of hydrogen-bond acceptors (Lipinski definition) is 0. The molecule has 5 heavy (non-hydrogen) atoms. The van der Waals surface area contributed by atoms with Crippen LogP contribution in [0.4, 0.5) is 0 Å². The van der Waals surface area contributed by atoms with Gasteiger partial charge in [-0.1, -0.05) is 0 Å². The van der Waals surface area contributed by atoms with Gasteiger partial charge in [0.2, 0.25) is 47.1 Å². The predicted octanol–water partition coefficient (Wildman–Crippen LogP) is 2.42. The molecule has 0 aliphatic heterocycles. The third-order valence-corrected chi connectivity index (χ3v) is 0. The number of quaternary nitrogens is 1. The summed E-state index contributed by atoms with van der Waals surface area (Å²) in [6.07, 6.45) is 0. The van der Waals surface area contributed by atoms with Gasteiger partial charge in [0.15, 0.2) is 0 Å². The molecule has 0 heterocycles. The molecular formula is Cl4N+. The first-order chi connectivity index (χ1) is 2.00. The van der Waals surface area contributed by atoms with Gasteiger partial charge in [-0.25, -0.2) is 0 Å². The maximum absolute atomic E-state index is 4.76. The van der Waals surface area contributed by atoms with Crippen LogP contribution in [0.15, 0.2) is 0 Å². The Kier molecular flexibility index (Phi) is 2.10. The summed E-state index contributed by atoms with van der Waals surface area (Å²) in [4.78, 5) is 0. The van der Waals surface area contributed by atoms with Crippen molar-refractivity contribution in [1.82, 2.24) is 0 Å². The van der Waals surface area contributed by atoms with Crippen molar-refractivity contribution in [2.24, 2.45) is 0 Å². The van der Waals surface area contributed by atoms with Crippen LogP contribution in [-0.2, 0) is 0 Å². The molecule has 0 aliphatic carbocycles. The highest BCUT2D eigenvalue weighted by molar-refractivity contribution is 6.50. The van der Waals surface area contributed by atoms with Crippen LogP contribution in [0.3, 0.4) is 0 Å². The van der Waals surface area contributed by atoms with Crippen LogP contribution in [0, 0.1) is 0 Å². The number of rotatable bonds is 0. The van der Waals surface area contributed by atoms with Gasteiger partial charge in [0.1, 0.15) is 0 Å². The molecule has 0 spiro atoms. The van der Waals surface area contributed by atoms with E-state index in [1.54, 1.807) is 0 Å². The molecule has 0 N–H and O–H groups in total. The SMILES string of the molecule is Cl[N+](Cl)(Cl)Cl. The van der Waals surface area contributed by atoms with Gasteiger partial charge in [-0.3, -0.25) is 0 Å². The lowest BCUT2D eigenvalue weighted by Gasteiger charge is -1.85. The third kappa shape index (κ3) is 39.7. The molecule has 0 radical (unpaired) electrons. The largest absolute Gasteiger partial charge is 0.231 e. The second-order valence-electron chi connectivity index (χ2n) is 0.383. The van der Waals surface area contributed by atoms with E-state index in [0.29, 0.717) is 0 Å². The third-order valence-electron chi connectivity index (χ3n) is 0.